The fraction of sp³-hybridized carbons (Fsp3) is 0.333. The third-order valence-electron chi connectivity index (χ3n) is 6.19. The van der Waals surface area contributed by atoms with Crippen molar-refractivity contribution in [2.24, 2.45) is 0 Å². The standard InChI is InChI=1S/C24H27N5O4/c1-28(2)16-5-4-10-29(13-16)23(30)20-12-17-18(26-20)6-3-7-19(17)27-24(31)25-15-8-9-21-22(11-15)33-14-32-21/h3,6-9,11-12,16,26H,4-5,10,13-14H2,1-2H3,(H2,25,27,31). The van der Waals surface area contributed by atoms with E-state index in [1.54, 1.807) is 18.2 Å². The molecule has 3 aromatic rings. The van der Waals surface area contributed by atoms with Crippen LogP contribution in [0.5, 0.6) is 11.5 Å². The van der Waals surface area contributed by atoms with E-state index in [-0.39, 0.29) is 18.7 Å². The van der Waals surface area contributed by atoms with Crippen LogP contribution in [0.15, 0.2) is 42.5 Å². The summed E-state index contributed by atoms with van der Waals surface area (Å²) in [5.74, 6) is 1.23. The maximum absolute atomic E-state index is 13.2. The molecular weight excluding hydrogens is 422 g/mol. The summed E-state index contributed by atoms with van der Waals surface area (Å²) in [6, 6.07) is 12.6. The number of nitrogens with zero attached hydrogens (tertiary/aromatic N) is 2. The fourth-order valence-electron chi connectivity index (χ4n) is 4.37. The molecule has 9 heteroatoms. The van der Waals surface area contributed by atoms with E-state index in [9.17, 15) is 9.59 Å². The number of likely N-dealkylation sites (tertiary alicyclic amines) is 1. The van der Waals surface area contributed by atoms with Crippen LogP contribution < -0.4 is 20.1 Å². The number of rotatable bonds is 4. The lowest BCUT2D eigenvalue weighted by atomic mass is 10.0. The monoisotopic (exact) mass is 449 g/mol. The molecule has 0 aliphatic carbocycles. The molecule has 1 fully saturated rings. The highest BCUT2D eigenvalue weighted by Crippen LogP contribution is 2.34. The van der Waals surface area contributed by atoms with Crippen molar-refractivity contribution < 1.29 is 19.1 Å². The van der Waals surface area contributed by atoms with Crippen LogP contribution >= 0.6 is 0 Å². The Bertz CT molecular complexity index is 1200. The number of benzene rings is 2. The van der Waals surface area contributed by atoms with Gasteiger partial charge in [0, 0.05) is 41.8 Å². The van der Waals surface area contributed by atoms with Crippen LogP contribution in [0.4, 0.5) is 16.2 Å². The normalized spacial score (nSPS) is 17.4. The molecular formula is C24H27N5O4. The average Bonchev–Trinajstić information content (AvgIpc) is 3.46. The van der Waals surface area contributed by atoms with Crippen molar-refractivity contribution in [2.45, 2.75) is 18.9 Å². The van der Waals surface area contributed by atoms with Gasteiger partial charge in [-0.2, -0.15) is 0 Å². The number of likely N-dealkylation sites (N-methyl/N-ethyl adjacent to an activating group) is 1. The Hall–Kier alpha value is -3.72. The lowest BCUT2D eigenvalue weighted by Gasteiger charge is -2.35. The largest absolute Gasteiger partial charge is 0.454 e. The summed E-state index contributed by atoms with van der Waals surface area (Å²) in [5.41, 5.74) is 2.52. The first-order chi connectivity index (χ1) is 16.0. The summed E-state index contributed by atoms with van der Waals surface area (Å²) in [7, 11) is 4.10. The van der Waals surface area contributed by atoms with Crippen LogP contribution in [0.3, 0.4) is 0 Å². The topological polar surface area (TPSA) is 98.9 Å². The average molecular weight is 450 g/mol. The smallest absolute Gasteiger partial charge is 0.323 e. The molecule has 3 N–H and O–H groups in total. The van der Waals surface area contributed by atoms with E-state index >= 15 is 0 Å². The molecule has 1 saturated heterocycles. The first kappa shape index (κ1) is 21.1. The van der Waals surface area contributed by atoms with E-state index in [1.807, 2.05) is 43.3 Å². The minimum absolute atomic E-state index is 0.0199. The van der Waals surface area contributed by atoms with Crippen LogP contribution in [-0.2, 0) is 0 Å². The number of aromatic amines is 1. The first-order valence-electron chi connectivity index (χ1n) is 11.0. The van der Waals surface area contributed by atoms with Gasteiger partial charge >= 0.3 is 6.03 Å². The highest BCUT2D eigenvalue weighted by Gasteiger charge is 2.26. The lowest BCUT2D eigenvalue weighted by molar-refractivity contribution is 0.0630. The van der Waals surface area contributed by atoms with Crippen molar-refractivity contribution in [3.63, 3.8) is 0 Å². The number of hydrogen-bond acceptors (Lipinski definition) is 5. The molecule has 2 aliphatic rings. The van der Waals surface area contributed by atoms with Gasteiger partial charge in [-0.05, 0) is 57.3 Å². The van der Waals surface area contributed by atoms with Crippen LogP contribution in [-0.4, -0.2) is 66.7 Å². The van der Waals surface area contributed by atoms with Crippen LogP contribution in [0.1, 0.15) is 23.3 Å². The Morgan fingerprint density at radius 1 is 1.09 bits per heavy atom. The minimum atomic E-state index is -0.389. The fourth-order valence-corrected chi connectivity index (χ4v) is 4.37. The number of carbonyl (C=O) groups is 2. The number of piperidine rings is 1. The third kappa shape index (κ3) is 4.31. The number of aromatic nitrogens is 1. The van der Waals surface area contributed by atoms with Gasteiger partial charge in [0.2, 0.25) is 6.79 Å². The molecule has 0 radical (unpaired) electrons. The van der Waals surface area contributed by atoms with Crippen LogP contribution in [0, 0.1) is 0 Å². The number of amides is 3. The second-order valence-corrected chi connectivity index (χ2v) is 8.61. The number of H-pyrrole nitrogens is 1. The SMILES string of the molecule is CN(C)C1CCCN(C(=O)c2cc3c(NC(=O)Nc4ccc5c(c4)OCO5)cccc3[nH]2)C1. The summed E-state index contributed by atoms with van der Waals surface area (Å²) < 4.78 is 10.7. The number of urea groups is 1. The number of carbonyl (C=O) groups excluding carboxylic acids is 2. The molecule has 0 spiro atoms. The number of hydrogen-bond donors (Lipinski definition) is 3. The van der Waals surface area contributed by atoms with E-state index in [4.69, 9.17) is 9.47 Å². The predicted molar refractivity (Wildman–Crippen MR) is 126 cm³/mol. The van der Waals surface area contributed by atoms with Gasteiger partial charge in [0.05, 0.1) is 5.69 Å². The van der Waals surface area contributed by atoms with Crippen molar-refractivity contribution in [3.8, 4) is 11.5 Å². The summed E-state index contributed by atoms with van der Waals surface area (Å²) in [6.45, 7) is 1.64. The van der Waals surface area contributed by atoms with E-state index in [1.165, 1.54) is 0 Å². The van der Waals surface area contributed by atoms with Gasteiger partial charge < -0.3 is 34.9 Å². The quantitative estimate of drug-likeness (QED) is 0.564. The zero-order valence-corrected chi connectivity index (χ0v) is 18.7. The third-order valence-corrected chi connectivity index (χ3v) is 6.19. The van der Waals surface area contributed by atoms with Gasteiger partial charge in [-0.25, -0.2) is 4.79 Å². The minimum Gasteiger partial charge on any atom is -0.454 e. The van der Waals surface area contributed by atoms with E-state index in [0.717, 1.165) is 30.3 Å². The number of ether oxygens (including phenoxy) is 2. The zero-order valence-electron chi connectivity index (χ0n) is 18.7. The summed E-state index contributed by atoms with van der Waals surface area (Å²) >= 11 is 0. The molecule has 0 bridgehead atoms. The van der Waals surface area contributed by atoms with Crippen molar-refractivity contribution in [2.75, 3.05) is 44.6 Å². The molecule has 3 heterocycles. The Balaban J connectivity index is 1.31. The van der Waals surface area contributed by atoms with Gasteiger partial charge in [0.1, 0.15) is 5.69 Å². The molecule has 33 heavy (non-hydrogen) atoms. The van der Waals surface area contributed by atoms with Gasteiger partial charge in [-0.15, -0.1) is 0 Å². The molecule has 2 aromatic carbocycles. The Morgan fingerprint density at radius 2 is 1.94 bits per heavy atom. The molecule has 1 aromatic heterocycles. The second-order valence-electron chi connectivity index (χ2n) is 8.61. The molecule has 1 unspecified atom stereocenters. The van der Waals surface area contributed by atoms with Crippen LogP contribution in [0.2, 0.25) is 0 Å². The summed E-state index contributed by atoms with van der Waals surface area (Å²) in [5, 5.41) is 6.47. The van der Waals surface area contributed by atoms with Gasteiger partial charge in [-0.1, -0.05) is 6.07 Å². The molecule has 5 rings (SSSR count). The Labute approximate surface area is 191 Å². The summed E-state index contributed by atoms with van der Waals surface area (Å²) in [4.78, 5) is 33.1. The van der Waals surface area contributed by atoms with Crippen molar-refractivity contribution in [3.05, 3.63) is 48.2 Å². The lowest BCUT2D eigenvalue weighted by Crippen LogP contribution is -2.47. The van der Waals surface area contributed by atoms with Crippen LogP contribution in [0.25, 0.3) is 10.9 Å². The van der Waals surface area contributed by atoms with Gasteiger partial charge in [-0.3, -0.25) is 4.79 Å². The molecule has 9 nitrogen and oxygen atoms in total. The van der Waals surface area contributed by atoms with E-state index in [0.29, 0.717) is 41.2 Å². The Kier molecular flexibility index (Phi) is 5.55. The zero-order chi connectivity index (χ0) is 22.9. The number of nitrogens with one attached hydrogen (secondary N) is 3. The maximum atomic E-state index is 13.2. The molecule has 172 valence electrons. The highest BCUT2D eigenvalue weighted by atomic mass is 16.7. The Morgan fingerprint density at radius 3 is 2.79 bits per heavy atom. The van der Waals surface area contributed by atoms with Crippen molar-refractivity contribution >= 4 is 34.2 Å². The summed E-state index contributed by atoms with van der Waals surface area (Å²) in [6.07, 6.45) is 2.08. The molecule has 3 amide bonds. The van der Waals surface area contributed by atoms with Gasteiger partial charge in [0.25, 0.3) is 5.91 Å². The van der Waals surface area contributed by atoms with Gasteiger partial charge in [0.15, 0.2) is 11.5 Å². The van der Waals surface area contributed by atoms with E-state index < -0.39 is 0 Å². The number of fused-ring (bicyclic) bond motifs is 2. The van der Waals surface area contributed by atoms with Crippen molar-refractivity contribution in [1.29, 1.82) is 0 Å². The highest BCUT2D eigenvalue weighted by molar-refractivity contribution is 6.08. The molecule has 0 saturated carbocycles. The molecule has 2 aliphatic heterocycles. The number of anilines is 2. The second kappa shape index (κ2) is 8.67. The first-order valence-corrected chi connectivity index (χ1v) is 11.0. The maximum Gasteiger partial charge on any atom is 0.323 e. The predicted octanol–water partition coefficient (Wildman–Crippen LogP) is 3.71. The molecule has 1 atom stereocenters. The van der Waals surface area contributed by atoms with E-state index in [2.05, 4.69) is 20.5 Å². The van der Waals surface area contributed by atoms with Crippen molar-refractivity contribution in [1.82, 2.24) is 14.8 Å².